The minimum absolute atomic E-state index is 0.354. The monoisotopic (exact) mass is 258 g/mol. The second-order valence-corrected chi connectivity index (χ2v) is 4.24. The van der Waals surface area contributed by atoms with Gasteiger partial charge in [-0.25, -0.2) is 4.98 Å². The number of aryl methyl sites for hydroxylation is 1. The molecule has 3 rings (SSSR count). The van der Waals surface area contributed by atoms with Crippen LogP contribution in [0.25, 0.3) is 11.3 Å². The van der Waals surface area contributed by atoms with E-state index in [4.69, 9.17) is 14.2 Å². The molecule has 0 aliphatic carbocycles. The highest BCUT2D eigenvalue weighted by Gasteiger charge is 2.16. The molecule has 5 nitrogen and oxygen atoms in total. The van der Waals surface area contributed by atoms with Gasteiger partial charge in [0.2, 0.25) is 0 Å². The lowest BCUT2D eigenvalue weighted by Gasteiger charge is -2.20. The summed E-state index contributed by atoms with van der Waals surface area (Å²) in [6.07, 6.45) is 1.68. The van der Waals surface area contributed by atoms with E-state index in [9.17, 15) is 0 Å². The molecule has 0 saturated heterocycles. The van der Waals surface area contributed by atoms with Crippen molar-refractivity contribution >= 4 is 0 Å². The molecular weight excluding hydrogens is 244 g/mol. The Kier molecular flexibility index (Phi) is 2.95. The molecule has 1 aliphatic heterocycles. The van der Waals surface area contributed by atoms with E-state index in [1.54, 1.807) is 13.3 Å². The van der Waals surface area contributed by atoms with Crippen LogP contribution >= 0.6 is 0 Å². The summed E-state index contributed by atoms with van der Waals surface area (Å²) < 4.78 is 16.2. The Balaban J connectivity index is 2.08. The van der Waals surface area contributed by atoms with Gasteiger partial charge in [0.25, 0.3) is 0 Å². The number of hydrogen-bond donors (Lipinski definition) is 0. The zero-order valence-corrected chi connectivity index (χ0v) is 10.8. The van der Waals surface area contributed by atoms with E-state index in [0.29, 0.717) is 19.2 Å². The normalized spacial score (nSPS) is 13.2. The van der Waals surface area contributed by atoms with Crippen LogP contribution in [0.15, 0.2) is 24.4 Å². The van der Waals surface area contributed by atoms with Gasteiger partial charge < -0.3 is 14.2 Å². The van der Waals surface area contributed by atoms with Gasteiger partial charge in [-0.05, 0) is 30.7 Å². The zero-order valence-electron chi connectivity index (χ0n) is 10.8. The van der Waals surface area contributed by atoms with E-state index in [0.717, 1.165) is 28.3 Å². The van der Waals surface area contributed by atoms with Gasteiger partial charge in [-0.2, -0.15) is 4.98 Å². The molecule has 0 unspecified atom stereocenters. The number of benzene rings is 1. The molecule has 0 saturated carbocycles. The van der Waals surface area contributed by atoms with Crippen molar-refractivity contribution in [3.8, 4) is 28.8 Å². The number of fused-ring (bicyclic) bond motifs is 1. The first kappa shape index (κ1) is 11.8. The molecule has 2 heterocycles. The molecule has 5 heteroatoms. The molecule has 1 aliphatic rings. The third kappa shape index (κ3) is 2.19. The highest BCUT2D eigenvalue weighted by Crippen LogP contribution is 2.36. The maximum Gasteiger partial charge on any atom is 0.316 e. The Morgan fingerprint density at radius 3 is 2.63 bits per heavy atom. The minimum atomic E-state index is 0.354. The second-order valence-electron chi connectivity index (χ2n) is 4.24. The molecular formula is C14H14N2O3. The van der Waals surface area contributed by atoms with E-state index >= 15 is 0 Å². The van der Waals surface area contributed by atoms with Crippen LogP contribution in [0.1, 0.15) is 5.56 Å². The van der Waals surface area contributed by atoms with Crippen LogP contribution in [0, 0.1) is 6.92 Å². The SMILES string of the molecule is COc1nccc(-c2cc3c(cc2C)OCCO3)n1. The summed E-state index contributed by atoms with van der Waals surface area (Å²) in [6.45, 7) is 3.18. The molecule has 0 fully saturated rings. The average molecular weight is 258 g/mol. The molecule has 1 aromatic carbocycles. The molecule has 0 bridgehead atoms. The Morgan fingerprint density at radius 1 is 1.16 bits per heavy atom. The first-order chi connectivity index (χ1) is 9.28. The lowest BCUT2D eigenvalue weighted by Crippen LogP contribution is -2.15. The molecule has 0 N–H and O–H groups in total. The summed E-state index contributed by atoms with van der Waals surface area (Å²) in [7, 11) is 1.55. The van der Waals surface area contributed by atoms with Gasteiger partial charge in [0, 0.05) is 11.8 Å². The molecule has 19 heavy (non-hydrogen) atoms. The van der Waals surface area contributed by atoms with Crippen molar-refractivity contribution in [1.82, 2.24) is 9.97 Å². The predicted molar refractivity (Wildman–Crippen MR) is 69.7 cm³/mol. The van der Waals surface area contributed by atoms with Crippen LogP contribution in [0.5, 0.6) is 17.5 Å². The predicted octanol–water partition coefficient (Wildman–Crippen LogP) is 2.23. The third-order valence-corrected chi connectivity index (χ3v) is 2.98. The number of aromatic nitrogens is 2. The van der Waals surface area contributed by atoms with E-state index in [-0.39, 0.29) is 0 Å². The lowest BCUT2D eigenvalue weighted by atomic mass is 10.0. The Morgan fingerprint density at radius 2 is 1.89 bits per heavy atom. The quantitative estimate of drug-likeness (QED) is 0.826. The minimum Gasteiger partial charge on any atom is -0.486 e. The molecule has 0 spiro atoms. The van der Waals surface area contributed by atoms with Gasteiger partial charge in [0.1, 0.15) is 13.2 Å². The fourth-order valence-corrected chi connectivity index (χ4v) is 2.06. The maximum atomic E-state index is 5.60. The van der Waals surface area contributed by atoms with E-state index < -0.39 is 0 Å². The number of rotatable bonds is 2. The zero-order chi connectivity index (χ0) is 13.2. The Bertz CT molecular complexity index is 614. The third-order valence-electron chi connectivity index (χ3n) is 2.98. The Hall–Kier alpha value is -2.30. The molecule has 0 radical (unpaired) electrons. The number of nitrogens with zero attached hydrogens (tertiary/aromatic N) is 2. The van der Waals surface area contributed by atoms with Crippen LogP contribution < -0.4 is 14.2 Å². The summed E-state index contributed by atoms with van der Waals surface area (Å²) in [5.41, 5.74) is 2.87. The van der Waals surface area contributed by atoms with Crippen molar-refractivity contribution < 1.29 is 14.2 Å². The van der Waals surface area contributed by atoms with Crippen LogP contribution in [0.4, 0.5) is 0 Å². The van der Waals surface area contributed by atoms with E-state index in [1.807, 2.05) is 25.1 Å². The van der Waals surface area contributed by atoms with Gasteiger partial charge in [0.05, 0.1) is 12.8 Å². The highest BCUT2D eigenvalue weighted by atomic mass is 16.6. The van der Waals surface area contributed by atoms with Crippen molar-refractivity contribution in [2.24, 2.45) is 0 Å². The maximum absolute atomic E-state index is 5.60. The van der Waals surface area contributed by atoms with E-state index in [2.05, 4.69) is 9.97 Å². The van der Waals surface area contributed by atoms with E-state index in [1.165, 1.54) is 0 Å². The Labute approximate surface area is 111 Å². The largest absolute Gasteiger partial charge is 0.486 e. The average Bonchev–Trinajstić information content (AvgIpc) is 2.46. The van der Waals surface area contributed by atoms with Crippen molar-refractivity contribution in [3.05, 3.63) is 30.0 Å². The fraction of sp³-hybridized carbons (Fsp3) is 0.286. The van der Waals surface area contributed by atoms with Crippen LogP contribution in [-0.2, 0) is 0 Å². The summed E-state index contributed by atoms with van der Waals surface area (Å²) >= 11 is 0. The van der Waals surface area contributed by atoms with Gasteiger partial charge >= 0.3 is 6.01 Å². The van der Waals surface area contributed by atoms with Crippen LogP contribution in [0.2, 0.25) is 0 Å². The van der Waals surface area contributed by atoms with Crippen LogP contribution in [0.3, 0.4) is 0 Å². The van der Waals surface area contributed by atoms with Gasteiger partial charge in [0.15, 0.2) is 11.5 Å². The summed E-state index contributed by atoms with van der Waals surface area (Å²) in [4.78, 5) is 8.35. The number of methoxy groups -OCH3 is 1. The standard InChI is InChI=1S/C14H14N2O3/c1-9-7-12-13(19-6-5-18-12)8-10(9)11-3-4-15-14(16-11)17-2/h3-4,7-8H,5-6H2,1-2H3. The molecule has 98 valence electrons. The molecule has 0 amide bonds. The van der Waals surface area contributed by atoms with Crippen molar-refractivity contribution in [1.29, 1.82) is 0 Å². The second kappa shape index (κ2) is 4.76. The van der Waals surface area contributed by atoms with Crippen LogP contribution in [-0.4, -0.2) is 30.3 Å². The van der Waals surface area contributed by atoms with Crippen molar-refractivity contribution in [3.63, 3.8) is 0 Å². The van der Waals surface area contributed by atoms with Crippen molar-refractivity contribution in [2.45, 2.75) is 6.92 Å². The summed E-state index contributed by atoms with van der Waals surface area (Å²) in [5.74, 6) is 1.54. The molecule has 1 aromatic heterocycles. The summed E-state index contributed by atoms with van der Waals surface area (Å²) in [5, 5.41) is 0. The van der Waals surface area contributed by atoms with Gasteiger partial charge in [-0.3, -0.25) is 0 Å². The van der Waals surface area contributed by atoms with Crippen molar-refractivity contribution in [2.75, 3.05) is 20.3 Å². The first-order valence-corrected chi connectivity index (χ1v) is 6.05. The van der Waals surface area contributed by atoms with Gasteiger partial charge in [-0.15, -0.1) is 0 Å². The molecule has 2 aromatic rings. The molecule has 0 atom stereocenters. The lowest BCUT2D eigenvalue weighted by molar-refractivity contribution is 0.171. The van der Waals surface area contributed by atoms with Gasteiger partial charge in [-0.1, -0.05) is 0 Å². The fourth-order valence-electron chi connectivity index (χ4n) is 2.06. The number of ether oxygens (including phenoxy) is 3. The number of hydrogen-bond acceptors (Lipinski definition) is 5. The first-order valence-electron chi connectivity index (χ1n) is 6.05. The summed E-state index contributed by atoms with van der Waals surface area (Å²) in [6, 6.07) is 6.12. The highest BCUT2D eigenvalue weighted by molar-refractivity contribution is 5.68. The smallest absolute Gasteiger partial charge is 0.316 e. The topological polar surface area (TPSA) is 53.5 Å².